The first-order valence-electron chi connectivity index (χ1n) is 6.83. The second kappa shape index (κ2) is 5.03. The number of aromatic nitrogens is 4. The van der Waals surface area contributed by atoms with Crippen molar-refractivity contribution < 1.29 is 4.74 Å². The van der Waals surface area contributed by atoms with Crippen LogP contribution in [0.2, 0.25) is 0 Å². The molecule has 5 nitrogen and oxygen atoms in total. The lowest BCUT2D eigenvalue weighted by atomic mass is 10.3. The van der Waals surface area contributed by atoms with Crippen LogP contribution in [0.5, 0.6) is 0 Å². The van der Waals surface area contributed by atoms with Crippen LogP contribution in [0.4, 0.5) is 0 Å². The van der Waals surface area contributed by atoms with Crippen LogP contribution in [-0.2, 0) is 18.0 Å². The summed E-state index contributed by atoms with van der Waals surface area (Å²) in [7, 11) is 0. The zero-order valence-electron chi connectivity index (χ0n) is 11.3. The van der Waals surface area contributed by atoms with E-state index in [1.807, 2.05) is 48.5 Å². The molecule has 0 spiro atoms. The lowest BCUT2D eigenvalue weighted by molar-refractivity contribution is 0.0979. The SMILES string of the molecule is c1ccc2[nH]c(COCc3nc4ccccc4[nH]3)nc2c1. The Morgan fingerprint density at radius 1 is 0.714 bits per heavy atom. The number of H-pyrrole nitrogens is 2. The molecule has 0 bridgehead atoms. The third-order valence-corrected chi connectivity index (χ3v) is 3.35. The third-order valence-electron chi connectivity index (χ3n) is 3.35. The molecule has 0 aliphatic rings. The number of fused-ring (bicyclic) bond motifs is 2. The number of nitrogens with one attached hydrogen (secondary N) is 2. The van der Waals surface area contributed by atoms with Crippen LogP contribution in [0.15, 0.2) is 48.5 Å². The van der Waals surface area contributed by atoms with Crippen LogP contribution in [0, 0.1) is 0 Å². The summed E-state index contributed by atoms with van der Waals surface area (Å²) in [6.07, 6.45) is 0. The molecular formula is C16H14N4O. The average Bonchev–Trinajstić information content (AvgIpc) is 3.09. The van der Waals surface area contributed by atoms with Crippen LogP contribution in [0.1, 0.15) is 11.6 Å². The van der Waals surface area contributed by atoms with Gasteiger partial charge < -0.3 is 14.7 Å². The number of nitrogens with zero attached hydrogens (tertiary/aromatic N) is 2. The fourth-order valence-corrected chi connectivity index (χ4v) is 2.39. The molecule has 0 saturated heterocycles. The van der Waals surface area contributed by atoms with E-state index in [1.165, 1.54) is 0 Å². The van der Waals surface area contributed by atoms with Crippen LogP contribution < -0.4 is 0 Å². The maximum Gasteiger partial charge on any atom is 0.133 e. The Morgan fingerprint density at radius 3 is 1.67 bits per heavy atom. The minimum atomic E-state index is 0.436. The summed E-state index contributed by atoms with van der Waals surface area (Å²) in [5.41, 5.74) is 3.97. The molecular weight excluding hydrogens is 264 g/mol. The Hall–Kier alpha value is -2.66. The molecule has 2 aromatic heterocycles. The van der Waals surface area contributed by atoms with Gasteiger partial charge in [0, 0.05) is 0 Å². The quantitative estimate of drug-likeness (QED) is 0.602. The van der Waals surface area contributed by atoms with E-state index >= 15 is 0 Å². The summed E-state index contributed by atoms with van der Waals surface area (Å²) in [4.78, 5) is 15.4. The van der Waals surface area contributed by atoms with Crippen LogP contribution in [0.25, 0.3) is 22.1 Å². The van der Waals surface area contributed by atoms with Gasteiger partial charge in [0.15, 0.2) is 0 Å². The predicted octanol–water partition coefficient (Wildman–Crippen LogP) is 3.16. The number of benzene rings is 2. The van der Waals surface area contributed by atoms with Gasteiger partial charge in [-0.15, -0.1) is 0 Å². The van der Waals surface area contributed by atoms with E-state index in [-0.39, 0.29) is 0 Å². The molecule has 21 heavy (non-hydrogen) atoms. The molecule has 4 rings (SSSR count). The molecule has 2 aromatic carbocycles. The highest BCUT2D eigenvalue weighted by Gasteiger charge is 2.04. The van der Waals surface area contributed by atoms with E-state index in [0.717, 1.165) is 33.7 Å². The van der Waals surface area contributed by atoms with E-state index in [9.17, 15) is 0 Å². The fourth-order valence-electron chi connectivity index (χ4n) is 2.39. The molecule has 2 N–H and O–H groups in total. The number of ether oxygens (including phenoxy) is 1. The molecule has 104 valence electrons. The van der Waals surface area contributed by atoms with Crippen molar-refractivity contribution in [2.45, 2.75) is 13.2 Å². The molecule has 0 amide bonds. The van der Waals surface area contributed by atoms with E-state index < -0.39 is 0 Å². The summed E-state index contributed by atoms with van der Waals surface area (Å²) >= 11 is 0. The lowest BCUT2D eigenvalue weighted by Gasteiger charge is -1.98. The van der Waals surface area contributed by atoms with E-state index in [2.05, 4.69) is 19.9 Å². The van der Waals surface area contributed by atoms with Crippen molar-refractivity contribution in [3.8, 4) is 0 Å². The topological polar surface area (TPSA) is 66.6 Å². The smallest absolute Gasteiger partial charge is 0.133 e. The Bertz CT molecular complexity index is 753. The van der Waals surface area contributed by atoms with Crippen molar-refractivity contribution in [3.63, 3.8) is 0 Å². The molecule has 0 fully saturated rings. The maximum atomic E-state index is 5.68. The molecule has 0 radical (unpaired) electrons. The average molecular weight is 278 g/mol. The zero-order valence-corrected chi connectivity index (χ0v) is 11.3. The molecule has 4 aromatic rings. The predicted molar refractivity (Wildman–Crippen MR) is 80.7 cm³/mol. The van der Waals surface area contributed by atoms with Gasteiger partial charge >= 0.3 is 0 Å². The molecule has 2 heterocycles. The Morgan fingerprint density at radius 2 is 1.19 bits per heavy atom. The highest BCUT2D eigenvalue weighted by atomic mass is 16.5. The molecule has 0 atom stereocenters. The molecule has 0 aliphatic carbocycles. The number of imidazole rings is 2. The summed E-state index contributed by atoms with van der Waals surface area (Å²) in [6, 6.07) is 15.9. The first-order valence-corrected chi connectivity index (χ1v) is 6.83. The summed E-state index contributed by atoms with van der Waals surface area (Å²) < 4.78 is 5.68. The first-order chi connectivity index (χ1) is 10.4. The van der Waals surface area contributed by atoms with Gasteiger partial charge in [0.1, 0.15) is 24.9 Å². The van der Waals surface area contributed by atoms with Crippen molar-refractivity contribution in [2.75, 3.05) is 0 Å². The van der Waals surface area contributed by atoms with Crippen LogP contribution in [-0.4, -0.2) is 19.9 Å². The minimum absolute atomic E-state index is 0.436. The van der Waals surface area contributed by atoms with Gasteiger partial charge in [-0.1, -0.05) is 24.3 Å². The van der Waals surface area contributed by atoms with Crippen molar-refractivity contribution >= 4 is 22.1 Å². The zero-order chi connectivity index (χ0) is 14.1. The summed E-state index contributed by atoms with van der Waals surface area (Å²) in [5, 5.41) is 0. The molecule has 0 unspecified atom stereocenters. The van der Waals surface area contributed by atoms with Gasteiger partial charge in [-0.3, -0.25) is 0 Å². The van der Waals surface area contributed by atoms with E-state index in [0.29, 0.717) is 13.2 Å². The van der Waals surface area contributed by atoms with Crippen molar-refractivity contribution in [1.82, 2.24) is 19.9 Å². The van der Waals surface area contributed by atoms with Crippen molar-refractivity contribution in [1.29, 1.82) is 0 Å². The lowest BCUT2D eigenvalue weighted by Crippen LogP contribution is -1.97. The number of aromatic amines is 2. The first kappa shape index (κ1) is 12.1. The highest BCUT2D eigenvalue weighted by molar-refractivity contribution is 5.75. The fraction of sp³-hybridized carbons (Fsp3) is 0.125. The Kier molecular flexibility index (Phi) is 2.90. The third kappa shape index (κ3) is 2.39. The van der Waals surface area contributed by atoms with Gasteiger partial charge in [0.25, 0.3) is 0 Å². The molecule has 0 aliphatic heterocycles. The van der Waals surface area contributed by atoms with Crippen LogP contribution in [0.3, 0.4) is 0 Å². The normalized spacial score (nSPS) is 11.4. The van der Waals surface area contributed by atoms with Gasteiger partial charge in [-0.25, -0.2) is 9.97 Å². The summed E-state index contributed by atoms with van der Waals surface area (Å²) in [6.45, 7) is 0.872. The number of rotatable bonds is 4. The van der Waals surface area contributed by atoms with Crippen LogP contribution >= 0.6 is 0 Å². The number of hydrogen-bond acceptors (Lipinski definition) is 3. The van der Waals surface area contributed by atoms with Crippen molar-refractivity contribution in [2.24, 2.45) is 0 Å². The van der Waals surface area contributed by atoms with Crippen molar-refractivity contribution in [3.05, 3.63) is 60.2 Å². The molecule has 0 saturated carbocycles. The monoisotopic (exact) mass is 278 g/mol. The van der Waals surface area contributed by atoms with Gasteiger partial charge in [-0.2, -0.15) is 0 Å². The van der Waals surface area contributed by atoms with E-state index in [1.54, 1.807) is 0 Å². The number of para-hydroxylation sites is 4. The number of hydrogen-bond donors (Lipinski definition) is 2. The van der Waals surface area contributed by atoms with E-state index in [4.69, 9.17) is 4.74 Å². The van der Waals surface area contributed by atoms with Gasteiger partial charge in [0.2, 0.25) is 0 Å². The Balaban J connectivity index is 1.44. The minimum Gasteiger partial charge on any atom is -0.366 e. The maximum absolute atomic E-state index is 5.68. The largest absolute Gasteiger partial charge is 0.366 e. The van der Waals surface area contributed by atoms with Gasteiger partial charge in [0.05, 0.1) is 22.1 Å². The standard InChI is InChI=1S/C16H14N4O/c1-2-6-12-11(5-1)17-15(18-12)9-21-10-16-19-13-7-3-4-8-14(13)20-16/h1-8H,9-10H2,(H,17,18)(H,19,20). The Labute approximate surface area is 121 Å². The van der Waals surface area contributed by atoms with Gasteiger partial charge in [-0.05, 0) is 24.3 Å². The second-order valence-electron chi connectivity index (χ2n) is 4.89. The highest BCUT2D eigenvalue weighted by Crippen LogP contribution is 2.13. The second-order valence-corrected chi connectivity index (χ2v) is 4.89. The summed E-state index contributed by atoms with van der Waals surface area (Å²) in [5.74, 6) is 1.65. The molecule has 5 heteroatoms.